The Labute approximate surface area is 122 Å². The van der Waals surface area contributed by atoms with Gasteiger partial charge in [-0.2, -0.15) is 0 Å². The summed E-state index contributed by atoms with van der Waals surface area (Å²) in [6, 6.07) is 6.36. The van der Waals surface area contributed by atoms with Crippen LogP contribution in [0.4, 0.5) is 0 Å². The van der Waals surface area contributed by atoms with Gasteiger partial charge in [-0.05, 0) is 25.1 Å². The Balaban J connectivity index is 1.64. The topological polar surface area (TPSA) is 43.4 Å². The number of thiazole rings is 1. The van der Waals surface area contributed by atoms with Gasteiger partial charge >= 0.3 is 0 Å². The maximum Gasteiger partial charge on any atom is 0.131 e. The van der Waals surface area contributed by atoms with Crippen LogP contribution < -0.4 is 14.8 Å². The molecule has 1 N–H and O–H groups in total. The van der Waals surface area contributed by atoms with Gasteiger partial charge in [-0.15, -0.1) is 11.3 Å². The molecule has 0 amide bonds. The summed E-state index contributed by atoms with van der Waals surface area (Å²) in [6.45, 7) is 4.37. The Morgan fingerprint density at radius 3 is 3.25 bits per heavy atom. The van der Waals surface area contributed by atoms with E-state index in [0.717, 1.165) is 30.2 Å². The van der Waals surface area contributed by atoms with E-state index in [0.29, 0.717) is 19.3 Å². The number of rotatable bonds is 6. The van der Waals surface area contributed by atoms with Gasteiger partial charge in [0.05, 0.1) is 17.2 Å². The van der Waals surface area contributed by atoms with Gasteiger partial charge in [-0.25, -0.2) is 4.98 Å². The van der Waals surface area contributed by atoms with Gasteiger partial charge in [0.2, 0.25) is 0 Å². The third kappa shape index (κ3) is 2.94. The minimum absolute atomic E-state index is 0.303. The molecule has 0 spiro atoms. The molecule has 1 aromatic heterocycles. The highest BCUT2D eigenvalue weighted by molar-refractivity contribution is 7.07. The molecule has 5 heteroatoms. The van der Waals surface area contributed by atoms with Crippen molar-refractivity contribution < 1.29 is 9.47 Å². The second-order valence-corrected chi connectivity index (χ2v) is 5.50. The molecule has 0 saturated carbocycles. The number of nitrogens with one attached hydrogen (secondary N) is 1. The Bertz CT molecular complexity index is 557. The zero-order valence-electron chi connectivity index (χ0n) is 11.5. The van der Waals surface area contributed by atoms with E-state index >= 15 is 0 Å². The third-order valence-corrected chi connectivity index (χ3v) is 3.91. The smallest absolute Gasteiger partial charge is 0.131 e. The van der Waals surface area contributed by atoms with Crippen LogP contribution in [0.15, 0.2) is 29.1 Å². The summed E-state index contributed by atoms with van der Waals surface area (Å²) >= 11 is 1.58. The number of hydrogen-bond donors (Lipinski definition) is 1. The van der Waals surface area contributed by atoms with Crippen LogP contribution in [0, 0.1) is 0 Å². The van der Waals surface area contributed by atoms with Crippen molar-refractivity contribution in [2.75, 3.05) is 13.2 Å². The Morgan fingerprint density at radius 2 is 2.45 bits per heavy atom. The molecule has 3 rings (SSSR count). The fourth-order valence-corrected chi connectivity index (χ4v) is 2.78. The molecule has 2 aromatic rings. The molecule has 1 atom stereocenters. The molecule has 0 fully saturated rings. The van der Waals surface area contributed by atoms with E-state index in [-0.39, 0.29) is 0 Å². The molecule has 0 radical (unpaired) electrons. The average molecular weight is 290 g/mol. The monoisotopic (exact) mass is 290 g/mol. The van der Waals surface area contributed by atoms with Crippen LogP contribution in [0.5, 0.6) is 11.5 Å². The van der Waals surface area contributed by atoms with Crippen molar-refractivity contribution in [2.24, 2.45) is 0 Å². The number of hydrogen-bond acceptors (Lipinski definition) is 5. The van der Waals surface area contributed by atoms with Crippen molar-refractivity contribution >= 4 is 11.3 Å². The lowest BCUT2D eigenvalue weighted by molar-refractivity contribution is 0.294. The molecule has 0 aliphatic carbocycles. The fourth-order valence-electron chi connectivity index (χ4n) is 2.23. The van der Waals surface area contributed by atoms with Crippen molar-refractivity contribution in [2.45, 2.75) is 26.0 Å². The Hall–Kier alpha value is -1.59. The predicted octanol–water partition coefficient (Wildman–Crippen LogP) is 3.16. The average Bonchev–Trinajstić information content (AvgIpc) is 3.12. The SMILES string of the molecule is CCCNC1COc2cc(OCc3cscn3)ccc21. The van der Waals surface area contributed by atoms with Crippen LogP contribution >= 0.6 is 11.3 Å². The van der Waals surface area contributed by atoms with E-state index in [2.05, 4.69) is 23.3 Å². The molecule has 2 heterocycles. The standard InChI is InChI=1S/C15H18N2O2S/c1-2-5-16-14-8-19-15-6-12(3-4-13(14)15)18-7-11-9-20-10-17-11/h3-4,6,9-10,14,16H,2,5,7-8H2,1H3. The zero-order chi connectivity index (χ0) is 13.8. The summed E-state index contributed by atoms with van der Waals surface area (Å²) in [5.41, 5.74) is 3.99. The molecular formula is C15H18N2O2S. The highest BCUT2D eigenvalue weighted by Gasteiger charge is 2.23. The molecule has 1 aliphatic rings. The highest BCUT2D eigenvalue weighted by atomic mass is 32.1. The maximum atomic E-state index is 5.74. The Kier molecular flexibility index (Phi) is 4.18. The lowest BCUT2D eigenvalue weighted by Crippen LogP contribution is -2.22. The maximum absolute atomic E-state index is 5.74. The number of benzene rings is 1. The summed E-state index contributed by atoms with van der Waals surface area (Å²) in [7, 11) is 0. The molecule has 0 bridgehead atoms. The molecular weight excluding hydrogens is 272 g/mol. The van der Waals surface area contributed by atoms with Crippen molar-refractivity contribution in [3.8, 4) is 11.5 Å². The first kappa shape index (κ1) is 13.4. The summed E-state index contributed by atoms with van der Waals surface area (Å²) in [6.07, 6.45) is 1.13. The second kappa shape index (κ2) is 6.24. The first-order valence-electron chi connectivity index (χ1n) is 6.87. The lowest BCUT2D eigenvalue weighted by atomic mass is 10.1. The molecule has 1 unspecified atom stereocenters. The Morgan fingerprint density at radius 1 is 1.50 bits per heavy atom. The van der Waals surface area contributed by atoms with Gasteiger partial charge in [-0.3, -0.25) is 0 Å². The van der Waals surface area contributed by atoms with Crippen molar-refractivity contribution in [1.82, 2.24) is 10.3 Å². The van der Waals surface area contributed by atoms with Crippen LogP contribution in [0.3, 0.4) is 0 Å². The molecule has 1 aromatic carbocycles. The summed E-state index contributed by atoms with van der Waals surface area (Å²) in [4.78, 5) is 4.20. The van der Waals surface area contributed by atoms with E-state index in [1.54, 1.807) is 11.3 Å². The van der Waals surface area contributed by atoms with Gasteiger partial charge < -0.3 is 14.8 Å². The van der Waals surface area contributed by atoms with Crippen LogP contribution in [-0.4, -0.2) is 18.1 Å². The normalized spacial score (nSPS) is 16.8. The van der Waals surface area contributed by atoms with Crippen LogP contribution in [-0.2, 0) is 6.61 Å². The van der Waals surface area contributed by atoms with Gasteiger partial charge in [0.25, 0.3) is 0 Å². The van der Waals surface area contributed by atoms with Gasteiger partial charge in [0.15, 0.2) is 0 Å². The third-order valence-electron chi connectivity index (χ3n) is 3.28. The quantitative estimate of drug-likeness (QED) is 0.887. The number of ether oxygens (including phenoxy) is 2. The van der Waals surface area contributed by atoms with E-state index in [1.165, 1.54) is 5.56 Å². The highest BCUT2D eigenvalue weighted by Crippen LogP contribution is 2.35. The summed E-state index contributed by atoms with van der Waals surface area (Å²) < 4.78 is 11.5. The van der Waals surface area contributed by atoms with Gasteiger partial charge in [0, 0.05) is 17.0 Å². The van der Waals surface area contributed by atoms with Gasteiger partial charge in [0.1, 0.15) is 24.7 Å². The molecule has 4 nitrogen and oxygen atoms in total. The van der Waals surface area contributed by atoms with Gasteiger partial charge in [-0.1, -0.05) is 6.92 Å². The molecule has 106 valence electrons. The number of nitrogens with zero attached hydrogens (tertiary/aromatic N) is 1. The zero-order valence-corrected chi connectivity index (χ0v) is 12.3. The van der Waals surface area contributed by atoms with Crippen molar-refractivity contribution in [3.63, 3.8) is 0 Å². The van der Waals surface area contributed by atoms with E-state index < -0.39 is 0 Å². The number of fused-ring (bicyclic) bond motifs is 1. The second-order valence-electron chi connectivity index (χ2n) is 4.79. The number of aromatic nitrogens is 1. The van der Waals surface area contributed by atoms with Crippen LogP contribution in [0.2, 0.25) is 0 Å². The first-order chi connectivity index (χ1) is 9.86. The summed E-state index contributed by atoms with van der Waals surface area (Å²) in [5.74, 6) is 1.75. The lowest BCUT2D eigenvalue weighted by Gasteiger charge is -2.10. The van der Waals surface area contributed by atoms with E-state index in [4.69, 9.17) is 9.47 Å². The van der Waals surface area contributed by atoms with Crippen LogP contribution in [0.1, 0.15) is 30.6 Å². The van der Waals surface area contributed by atoms with Crippen molar-refractivity contribution in [1.29, 1.82) is 0 Å². The molecule has 20 heavy (non-hydrogen) atoms. The van der Waals surface area contributed by atoms with E-state index in [9.17, 15) is 0 Å². The first-order valence-corrected chi connectivity index (χ1v) is 7.81. The van der Waals surface area contributed by atoms with E-state index in [1.807, 2.05) is 23.0 Å². The molecule has 0 saturated heterocycles. The predicted molar refractivity (Wildman–Crippen MR) is 79.4 cm³/mol. The minimum atomic E-state index is 0.303. The van der Waals surface area contributed by atoms with Crippen molar-refractivity contribution in [3.05, 3.63) is 40.3 Å². The molecule has 1 aliphatic heterocycles. The fraction of sp³-hybridized carbons (Fsp3) is 0.400. The summed E-state index contributed by atoms with van der Waals surface area (Å²) in [5, 5.41) is 5.48. The largest absolute Gasteiger partial charge is 0.491 e. The van der Waals surface area contributed by atoms with Crippen LogP contribution in [0.25, 0.3) is 0 Å². The minimum Gasteiger partial charge on any atom is -0.491 e.